The highest BCUT2D eigenvalue weighted by atomic mass is 32.2. The molecule has 0 fully saturated rings. The minimum Gasteiger partial charge on any atom is -0.412 e. The predicted octanol–water partition coefficient (Wildman–Crippen LogP) is 2.49. The summed E-state index contributed by atoms with van der Waals surface area (Å²) in [6, 6.07) is 18.2. The van der Waals surface area contributed by atoms with Gasteiger partial charge in [0.05, 0.1) is 4.90 Å². The van der Waals surface area contributed by atoms with E-state index in [1.807, 2.05) is 49.4 Å². The highest BCUT2D eigenvalue weighted by molar-refractivity contribution is 7.85. The van der Waals surface area contributed by atoms with Gasteiger partial charge < -0.3 is 16.3 Å². The van der Waals surface area contributed by atoms with Crippen molar-refractivity contribution in [3.05, 3.63) is 66.2 Å². The van der Waals surface area contributed by atoms with Gasteiger partial charge in [0.25, 0.3) is 10.1 Å². The number of anilines is 2. The van der Waals surface area contributed by atoms with E-state index in [0.29, 0.717) is 0 Å². The van der Waals surface area contributed by atoms with Gasteiger partial charge in [-0.05, 0) is 54.1 Å². The van der Waals surface area contributed by atoms with Gasteiger partial charge in [-0.15, -0.1) is 0 Å². The smallest absolute Gasteiger partial charge is 0.294 e. The van der Waals surface area contributed by atoms with Crippen LogP contribution in [0.2, 0.25) is 0 Å². The lowest BCUT2D eigenvalue weighted by molar-refractivity contribution is 0.483. The van der Waals surface area contributed by atoms with Gasteiger partial charge in [0.2, 0.25) is 0 Å². The molecule has 128 valence electrons. The van der Waals surface area contributed by atoms with Crippen molar-refractivity contribution in [3.63, 3.8) is 0 Å². The molecule has 24 heavy (non-hydrogen) atoms. The number of aryl methyl sites for hydroxylation is 1. The zero-order valence-electron chi connectivity index (χ0n) is 12.9. The maximum absolute atomic E-state index is 11.2. The Labute approximate surface area is 140 Å². The van der Waals surface area contributed by atoms with Gasteiger partial charge in [-0.1, -0.05) is 29.8 Å². The summed E-state index contributed by atoms with van der Waals surface area (Å²) in [6.45, 7) is 2.03. The van der Waals surface area contributed by atoms with Crippen LogP contribution in [0.4, 0.5) is 11.4 Å². The lowest BCUT2D eigenvalue weighted by Crippen LogP contribution is -1.97. The molecule has 6 nitrogen and oxygen atoms in total. The molecule has 0 aromatic heterocycles. The quantitative estimate of drug-likeness (QED) is 0.703. The van der Waals surface area contributed by atoms with Crippen LogP contribution in [0, 0.1) is 6.92 Å². The molecular weight excluding hydrogens is 330 g/mol. The second-order valence-electron chi connectivity index (χ2n) is 5.19. The maximum atomic E-state index is 11.2. The first-order chi connectivity index (χ1) is 10.4. The number of fused-ring (bicyclic) bond motifs is 1. The van der Waals surface area contributed by atoms with Crippen LogP contribution < -0.4 is 5.32 Å². The van der Waals surface area contributed by atoms with Crippen molar-refractivity contribution in [2.45, 2.75) is 11.8 Å². The van der Waals surface area contributed by atoms with Crippen molar-refractivity contribution >= 4 is 32.3 Å². The van der Waals surface area contributed by atoms with E-state index in [0.717, 1.165) is 22.1 Å². The summed E-state index contributed by atoms with van der Waals surface area (Å²) in [4.78, 5) is -0.0979. The molecule has 0 radical (unpaired) electrons. The van der Waals surface area contributed by atoms with Gasteiger partial charge >= 0.3 is 0 Å². The van der Waals surface area contributed by atoms with Crippen molar-refractivity contribution in [2.24, 2.45) is 0 Å². The van der Waals surface area contributed by atoms with Crippen LogP contribution in [0.5, 0.6) is 0 Å². The predicted molar refractivity (Wildman–Crippen MR) is 95.5 cm³/mol. The molecule has 0 bridgehead atoms. The van der Waals surface area contributed by atoms with Crippen molar-refractivity contribution in [1.82, 2.24) is 0 Å². The molecule has 0 amide bonds. The van der Waals surface area contributed by atoms with Crippen molar-refractivity contribution < 1.29 is 23.9 Å². The summed E-state index contributed by atoms with van der Waals surface area (Å²) in [5.74, 6) is 0. The molecule has 7 heteroatoms. The van der Waals surface area contributed by atoms with Gasteiger partial charge in [-0.25, -0.2) is 0 Å². The number of hydrogen-bond acceptors (Lipinski definition) is 3. The average Bonchev–Trinajstić information content (AvgIpc) is 2.48. The lowest BCUT2D eigenvalue weighted by Gasteiger charge is -2.08. The molecule has 0 atom stereocenters. The third-order valence-electron chi connectivity index (χ3n) is 3.45. The second kappa shape index (κ2) is 7.41. The Hall–Kier alpha value is -2.45. The molecule has 0 heterocycles. The zero-order valence-corrected chi connectivity index (χ0v) is 13.8. The van der Waals surface area contributed by atoms with Crippen LogP contribution in [0.3, 0.4) is 0 Å². The lowest BCUT2D eigenvalue weighted by atomic mass is 10.1. The fourth-order valence-electron chi connectivity index (χ4n) is 2.27. The molecule has 6 N–H and O–H groups in total. The molecule has 0 saturated carbocycles. The minimum absolute atomic E-state index is 0. The average molecular weight is 349 g/mol. The van der Waals surface area contributed by atoms with Crippen LogP contribution in [-0.2, 0) is 10.1 Å². The molecule has 0 saturated heterocycles. The Morgan fingerprint density at radius 2 is 1.33 bits per heavy atom. The molecule has 3 aromatic rings. The standard InChI is InChI=1S/C17H15NO3S.2H2O/c1-12-2-6-15(7-3-12)18-16-8-4-14-11-17(22(19,20)21)9-5-13(14)10-16;;/h2-11,18H,1H3,(H,19,20,21);2*1H2. The van der Waals surface area contributed by atoms with Crippen LogP contribution in [0.15, 0.2) is 65.6 Å². The van der Waals surface area contributed by atoms with E-state index in [1.165, 1.54) is 17.7 Å². The van der Waals surface area contributed by atoms with E-state index in [1.54, 1.807) is 6.07 Å². The number of benzene rings is 3. The molecular formula is C17H19NO5S. The molecule has 0 spiro atoms. The van der Waals surface area contributed by atoms with Gasteiger partial charge in [-0.2, -0.15) is 8.42 Å². The number of hydrogen-bond donors (Lipinski definition) is 2. The first-order valence-electron chi connectivity index (χ1n) is 6.77. The summed E-state index contributed by atoms with van der Waals surface area (Å²) in [5.41, 5.74) is 3.09. The van der Waals surface area contributed by atoms with Crippen molar-refractivity contribution in [3.8, 4) is 0 Å². The van der Waals surface area contributed by atoms with E-state index in [2.05, 4.69) is 5.32 Å². The van der Waals surface area contributed by atoms with E-state index < -0.39 is 10.1 Å². The van der Waals surface area contributed by atoms with Crippen LogP contribution in [0.1, 0.15) is 5.56 Å². The fraction of sp³-hybridized carbons (Fsp3) is 0.0588. The Kier molecular flexibility index (Phi) is 6.05. The minimum atomic E-state index is -4.17. The monoisotopic (exact) mass is 349 g/mol. The van der Waals surface area contributed by atoms with Crippen LogP contribution in [-0.4, -0.2) is 23.9 Å². The highest BCUT2D eigenvalue weighted by Crippen LogP contribution is 2.24. The van der Waals surface area contributed by atoms with Crippen molar-refractivity contribution in [1.29, 1.82) is 0 Å². The normalized spacial score (nSPS) is 10.6. The van der Waals surface area contributed by atoms with Crippen molar-refractivity contribution in [2.75, 3.05) is 5.32 Å². The van der Waals surface area contributed by atoms with Crippen LogP contribution in [0.25, 0.3) is 10.8 Å². The Bertz CT molecular complexity index is 937. The molecule has 3 rings (SSSR count). The van der Waals surface area contributed by atoms with Gasteiger partial charge in [0, 0.05) is 11.4 Å². The van der Waals surface area contributed by atoms with Gasteiger partial charge in [0.15, 0.2) is 0 Å². The van der Waals surface area contributed by atoms with E-state index in [-0.39, 0.29) is 15.8 Å². The summed E-state index contributed by atoms with van der Waals surface area (Å²) in [5, 5.41) is 4.95. The largest absolute Gasteiger partial charge is 0.412 e. The maximum Gasteiger partial charge on any atom is 0.294 e. The molecule has 3 aromatic carbocycles. The van der Waals surface area contributed by atoms with Gasteiger partial charge in [0.1, 0.15) is 0 Å². The van der Waals surface area contributed by atoms with E-state index >= 15 is 0 Å². The Morgan fingerprint density at radius 1 is 0.792 bits per heavy atom. The fourth-order valence-corrected chi connectivity index (χ4v) is 2.78. The topological polar surface area (TPSA) is 129 Å². The van der Waals surface area contributed by atoms with E-state index in [9.17, 15) is 8.42 Å². The van der Waals surface area contributed by atoms with Crippen LogP contribution >= 0.6 is 0 Å². The third-order valence-corrected chi connectivity index (χ3v) is 4.30. The SMILES string of the molecule is Cc1ccc(Nc2ccc3cc(S(=O)(=O)O)ccc3c2)cc1.O.O. The third kappa shape index (κ3) is 4.30. The number of nitrogens with one attached hydrogen (secondary N) is 1. The molecule has 0 aliphatic rings. The summed E-state index contributed by atoms with van der Waals surface area (Å²) in [6.07, 6.45) is 0. The molecule has 0 aliphatic heterocycles. The Balaban J connectivity index is 0.00000144. The second-order valence-corrected chi connectivity index (χ2v) is 6.61. The molecule has 0 aliphatic carbocycles. The first-order valence-corrected chi connectivity index (χ1v) is 8.21. The summed E-state index contributed by atoms with van der Waals surface area (Å²) in [7, 11) is -4.17. The Morgan fingerprint density at radius 3 is 1.96 bits per heavy atom. The summed E-state index contributed by atoms with van der Waals surface area (Å²) < 4.78 is 31.4. The van der Waals surface area contributed by atoms with E-state index in [4.69, 9.17) is 4.55 Å². The molecule has 0 unspecified atom stereocenters. The number of rotatable bonds is 3. The zero-order chi connectivity index (χ0) is 15.7. The highest BCUT2D eigenvalue weighted by Gasteiger charge is 2.09. The first kappa shape index (κ1) is 19.6. The van der Waals surface area contributed by atoms with Gasteiger partial charge in [-0.3, -0.25) is 4.55 Å². The summed E-state index contributed by atoms with van der Waals surface area (Å²) >= 11 is 0.